The van der Waals surface area contributed by atoms with Crippen LogP contribution in [0.1, 0.15) is 12.5 Å². The van der Waals surface area contributed by atoms with Gasteiger partial charge >= 0.3 is 0 Å². The number of hydrogen-bond donors (Lipinski definition) is 1. The van der Waals surface area contributed by atoms with Gasteiger partial charge in [0.25, 0.3) is 0 Å². The number of nitrogens with one attached hydrogen (secondary N) is 1. The summed E-state index contributed by atoms with van der Waals surface area (Å²) in [5.74, 6) is 0. The van der Waals surface area contributed by atoms with Crippen molar-refractivity contribution in [3.63, 3.8) is 0 Å². The van der Waals surface area contributed by atoms with E-state index in [1.807, 2.05) is 0 Å². The third-order valence-electron chi connectivity index (χ3n) is 2.85. The lowest BCUT2D eigenvalue weighted by Gasteiger charge is -2.20. The van der Waals surface area contributed by atoms with Crippen molar-refractivity contribution in [1.29, 1.82) is 0 Å². The number of sulfonamides is 1. The summed E-state index contributed by atoms with van der Waals surface area (Å²) in [7, 11) is -3.62. The molecule has 0 aliphatic carbocycles. The molecular formula is C13H15N3O3S. The van der Waals surface area contributed by atoms with Crippen LogP contribution in [0.2, 0.25) is 0 Å². The first-order chi connectivity index (χ1) is 9.54. The van der Waals surface area contributed by atoms with E-state index < -0.39 is 10.0 Å². The number of hydrogen-bond acceptors (Lipinski definition) is 4. The van der Waals surface area contributed by atoms with Crippen LogP contribution >= 0.6 is 0 Å². The molecule has 6 nitrogen and oxygen atoms in total. The van der Waals surface area contributed by atoms with E-state index in [9.17, 15) is 13.2 Å². The number of rotatable bonds is 5. The summed E-state index contributed by atoms with van der Waals surface area (Å²) in [5, 5.41) is 0. The second-order valence-electron chi connectivity index (χ2n) is 4.18. The van der Waals surface area contributed by atoms with Gasteiger partial charge in [-0.2, -0.15) is 4.31 Å². The Kier molecular flexibility index (Phi) is 4.31. The van der Waals surface area contributed by atoms with Gasteiger partial charge < -0.3 is 4.98 Å². The third kappa shape index (κ3) is 3.12. The summed E-state index contributed by atoms with van der Waals surface area (Å²) in [6.45, 7) is 2.37. The number of aromatic amines is 1. The van der Waals surface area contributed by atoms with E-state index in [1.165, 1.54) is 22.6 Å². The standard InChI is InChI=1S/C13H15N3O3S/c1-2-16(10-11-5-7-14-8-6-11)20(18,19)12-3-4-13(17)15-9-12/h3-9H,2,10H2,1H3,(H,15,17). The molecule has 0 unspecified atom stereocenters. The maximum Gasteiger partial charge on any atom is 0.247 e. The number of nitrogens with zero attached hydrogens (tertiary/aromatic N) is 2. The van der Waals surface area contributed by atoms with Crippen molar-refractivity contribution in [2.45, 2.75) is 18.4 Å². The Balaban J connectivity index is 2.30. The smallest absolute Gasteiger partial charge is 0.247 e. The minimum atomic E-state index is -3.62. The molecule has 106 valence electrons. The molecule has 2 aromatic rings. The van der Waals surface area contributed by atoms with E-state index in [2.05, 4.69) is 9.97 Å². The fraction of sp³-hybridized carbons (Fsp3) is 0.231. The highest BCUT2D eigenvalue weighted by Crippen LogP contribution is 2.16. The van der Waals surface area contributed by atoms with Crippen LogP contribution in [0.3, 0.4) is 0 Å². The molecule has 0 aromatic carbocycles. The minimum absolute atomic E-state index is 0.0769. The molecule has 7 heteroatoms. The Hall–Kier alpha value is -1.99. The Morgan fingerprint density at radius 3 is 2.45 bits per heavy atom. The molecule has 0 fully saturated rings. The lowest BCUT2D eigenvalue weighted by Crippen LogP contribution is -2.30. The highest BCUT2D eigenvalue weighted by atomic mass is 32.2. The van der Waals surface area contributed by atoms with Gasteiger partial charge in [0.2, 0.25) is 15.6 Å². The van der Waals surface area contributed by atoms with E-state index in [-0.39, 0.29) is 17.0 Å². The summed E-state index contributed by atoms with van der Waals surface area (Å²) in [6.07, 6.45) is 4.46. The van der Waals surface area contributed by atoms with Gasteiger partial charge in [-0.25, -0.2) is 8.42 Å². The first-order valence-electron chi connectivity index (χ1n) is 6.12. The molecule has 0 radical (unpaired) electrons. The van der Waals surface area contributed by atoms with Crippen molar-refractivity contribution in [1.82, 2.24) is 14.3 Å². The van der Waals surface area contributed by atoms with Gasteiger partial charge in [-0.15, -0.1) is 0 Å². The molecule has 0 atom stereocenters. The molecule has 1 N–H and O–H groups in total. The lowest BCUT2D eigenvalue weighted by molar-refractivity contribution is 0.423. The zero-order valence-corrected chi connectivity index (χ0v) is 11.8. The molecule has 2 rings (SSSR count). The van der Waals surface area contributed by atoms with Gasteiger partial charge in [0.1, 0.15) is 0 Å². The predicted octanol–water partition coefficient (Wildman–Crippen LogP) is 0.981. The summed E-state index contributed by atoms with van der Waals surface area (Å²) in [5.41, 5.74) is 0.524. The molecule has 2 aromatic heterocycles. The van der Waals surface area contributed by atoms with Gasteiger partial charge in [-0.05, 0) is 23.8 Å². The molecule has 0 amide bonds. The molecule has 0 bridgehead atoms. The minimum Gasteiger partial charge on any atom is -0.328 e. The fourth-order valence-electron chi connectivity index (χ4n) is 1.76. The summed E-state index contributed by atoms with van der Waals surface area (Å²) >= 11 is 0. The topological polar surface area (TPSA) is 83.1 Å². The maximum atomic E-state index is 12.5. The van der Waals surface area contributed by atoms with E-state index in [0.717, 1.165) is 5.56 Å². The highest BCUT2D eigenvalue weighted by molar-refractivity contribution is 7.89. The van der Waals surface area contributed by atoms with Crippen LogP contribution in [0, 0.1) is 0 Å². The Morgan fingerprint density at radius 1 is 1.20 bits per heavy atom. The SMILES string of the molecule is CCN(Cc1ccncc1)S(=O)(=O)c1ccc(=O)[nH]c1. The predicted molar refractivity (Wildman–Crippen MR) is 74.6 cm³/mol. The highest BCUT2D eigenvalue weighted by Gasteiger charge is 2.23. The molecule has 0 aliphatic heterocycles. The number of pyridine rings is 2. The molecule has 0 saturated carbocycles. The van der Waals surface area contributed by atoms with Crippen LogP contribution in [-0.2, 0) is 16.6 Å². The van der Waals surface area contributed by atoms with Gasteiger partial charge in [0.15, 0.2) is 0 Å². The van der Waals surface area contributed by atoms with Crippen molar-refractivity contribution in [2.24, 2.45) is 0 Å². The van der Waals surface area contributed by atoms with Crippen molar-refractivity contribution < 1.29 is 8.42 Å². The second kappa shape index (κ2) is 5.98. The van der Waals surface area contributed by atoms with E-state index in [4.69, 9.17) is 0 Å². The molecule has 0 aliphatic rings. The zero-order valence-electron chi connectivity index (χ0n) is 11.0. The third-order valence-corrected chi connectivity index (χ3v) is 4.77. The van der Waals surface area contributed by atoms with Crippen LogP contribution in [0.5, 0.6) is 0 Å². The van der Waals surface area contributed by atoms with Crippen molar-refractivity contribution in [2.75, 3.05) is 6.54 Å². The average molecular weight is 293 g/mol. The molecule has 20 heavy (non-hydrogen) atoms. The monoisotopic (exact) mass is 293 g/mol. The average Bonchev–Trinajstić information content (AvgIpc) is 2.46. The van der Waals surface area contributed by atoms with Gasteiger partial charge in [-0.3, -0.25) is 9.78 Å². The van der Waals surface area contributed by atoms with Gasteiger partial charge in [0, 0.05) is 37.7 Å². The van der Waals surface area contributed by atoms with Crippen molar-refractivity contribution >= 4 is 10.0 Å². The lowest BCUT2D eigenvalue weighted by atomic mass is 10.3. The molecule has 0 saturated heterocycles. The van der Waals surface area contributed by atoms with Gasteiger partial charge in [-0.1, -0.05) is 6.92 Å². The maximum absolute atomic E-state index is 12.5. The summed E-state index contributed by atoms with van der Waals surface area (Å²) in [6, 6.07) is 6.05. The first kappa shape index (κ1) is 14.4. The zero-order chi connectivity index (χ0) is 14.6. The first-order valence-corrected chi connectivity index (χ1v) is 7.56. The van der Waals surface area contributed by atoms with Crippen LogP contribution < -0.4 is 5.56 Å². The second-order valence-corrected chi connectivity index (χ2v) is 6.11. The number of aromatic nitrogens is 2. The van der Waals surface area contributed by atoms with E-state index in [0.29, 0.717) is 6.54 Å². The van der Waals surface area contributed by atoms with E-state index >= 15 is 0 Å². The Bertz CT molecular complexity index is 706. The van der Waals surface area contributed by atoms with Crippen LogP contribution in [0.15, 0.2) is 52.5 Å². The normalized spacial score (nSPS) is 11.7. The Labute approximate surface area is 117 Å². The molecular weight excluding hydrogens is 278 g/mol. The van der Waals surface area contributed by atoms with E-state index in [1.54, 1.807) is 31.5 Å². The van der Waals surface area contributed by atoms with Crippen molar-refractivity contribution in [3.8, 4) is 0 Å². The summed E-state index contributed by atoms with van der Waals surface area (Å²) in [4.78, 5) is 17.4. The molecule has 2 heterocycles. The molecule has 0 spiro atoms. The van der Waals surface area contributed by atoms with Crippen molar-refractivity contribution in [3.05, 3.63) is 58.8 Å². The van der Waals surface area contributed by atoms with Crippen LogP contribution in [-0.4, -0.2) is 29.2 Å². The van der Waals surface area contributed by atoms with Gasteiger partial charge in [0.05, 0.1) is 4.90 Å². The Morgan fingerprint density at radius 2 is 1.90 bits per heavy atom. The number of H-pyrrole nitrogens is 1. The summed E-state index contributed by atoms with van der Waals surface area (Å²) < 4.78 is 26.3. The van der Waals surface area contributed by atoms with Crippen LogP contribution in [0.4, 0.5) is 0 Å². The fourth-order valence-corrected chi connectivity index (χ4v) is 3.17. The van der Waals surface area contributed by atoms with Crippen LogP contribution in [0.25, 0.3) is 0 Å². The largest absolute Gasteiger partial charge is 0.328 e. The quantitative estimate of drug-likeness (QED) is 0.890.